The van der Waals surface area contributed by atoms with Crippen LogP contribution in [0.4, 0.5) is 5.69 Å². The molecule has 0 spiro atoms. The van der Waals surface area contributed by atoms with Crippen LogP contribution in [0, 0.1) is 17.8 Å². The number of hydrogen-bond acceptors (Lipinski definition) is 9. The van der Waals surface area contributed by atoms with Crippen molar-refractivity contribution in [1.29, 1.82) is 0 Å². The third-order valence-electron chi connectivity index (χ3n) is 10.4. The summed E-state index contributed by atoms with van der Waals surface area (Å²) >= 11 is 0. The molecule has 8 atom stereocenters. The van der Waals surface area contributed by atoms with Gasteiger partial charge < -0.3 is 40.3 Å². The van der Waals surface area contributed by atoms with Gasteiger partial charge in [0, 0.05) is 40.5 Å². The van der Waals surface area contributed by atoms with Crippen molar-refractivity contribution in [1.82, 2.24) is 25.3 Å². The van der Waals surface area contributed by atoms with E-state index in [9.17, 15) is 24.3 Å². The van der Waals surface area contributed by atoms with E-state index in [-0.39, 0.29) is 73.2 Å². The van der Waals surface area contributed by atoms with Crippen molar-refractivity contribution in [2.75, 3.05) is 67.4 Å². The van der Waals surface area contributed by atoms with Crippen molar-refractivity contribution < 1.29 is 33.8 Å². The second kappa shape index (κ2) is 31.7. The van der Waals surface area contributed by atoms with Gasteiger partial charge in [-0.25, -0.2) is 0 Å². The third-order valence-corrected chi connectivity index (χ3v) is 10.4. The quantitative estimate of drug-likeness (QED) is 0.119. The maximum Gasteiger partial charge on any atom is 0.242 e. The molecule has 0 aromatic heterocycles. The van der Waals surface area contributed by atoms with E-state index in [0.717, 1.165) is 43.3 Å². The molecule has 13 heteroatoms. The molecule has 0 saturated carbocycles. The first-order chi connectivity index (χ1) is 27.1. The second-order valence-corrected chi connectivity index (χ2v) is 15.2. The van der Waals surface area contributed by atoms with Gasteiger partial charge in [0.25, 0.3) is 0 Å². The predicted molar refractivity (Wildman–Crippen MR) is 234 cm³/mol. The summed E-state index contributed by atoms with van der Waals surface area (Å²) in [5.41, 5.74) is 2.04. The Morgan fingerprint density at radius 2 is 1.53 bits per heavy atom. The number of rotatable bonds is 21. The van der Waals surface area contributed by atoms with Gasteiger partial charge in [0.1, 0.15) is 0 Å². The maximum absolute atomic E-state index is 12.7. The molecular weight excluding hydrogens is 725 g/mol. The van der Waals surface area contributed by atoms with Gasteiger partial charge in [-0.3, -0.25) is 24.1 Å². The van der Waals surface area contributed by atoms with Crippen LogP contribution in [0.5, 0.6) is 0 Å². The number of benzene rings is 1. The van der Waals surface area contributed by atoms with Crippen LogP contribution in [0.3, 0.4) is 0 Å². The second-order valence-electron chi connectivity index (χ2n) is 15.2. The lowest BCUT2D eigenvalue weighted by atomic mass is 9.91. The molecule has 332 valence electrons. The van der Waals surface area contributed by atoms with Gasteiger partial charge in [0.15, 0.2) is 0 Å². The van der Waals surface area contributed by atoms with Gasteiger partial charge in [-0.15, -0.1) is 0 Å². The van der Waals surface area contributed by atoms with Crippen molar-refractivity contribution in [2.45, 2.75) is 144 Å². The van der Waals surface area contributed by atoms with E-state index in [1.807, 2.05) is 78.0 Å². The normalized spacial score (nSPS) is 17.1. The number of anilines is 1. The van der Waals surface area contributed by atoms with E-state index in [1.54, 1.807) is 38.0 Å². The molecule has 1 fully saturated rings. The number of ether oxygens (including phenoxy) is 2. The zero-order chi connectivity index (χ0) is 44.2. The number of nitrogens with zero attached hydrogens (tertiary/aromatic N) is 3. The lowest BCUT2D eigenvalue weighted by Gasteiger charge is -2.37. The third kappa shape index (κ3) is 19.4. The Balaban J connectivity index is 0. The van der Waals surface area contributed by atoms with Crippen LogP contribution >= 0.6 is 0 Å². The van der Waals surface area contributed by atoms with Crippen LogP contribution in [0.25, 0.3) is 0 Å². The Bertz CT molecular complexity index is 1210. The molecule has 4 amide bonds. The molecular formula is C44H84N6O7. The van der Waals surface area contributed by atoms with E-state index in [1.165, 1.54) is 6.42 Å². The van der Waals surface area contributed by atoms with Crippen LogP contribution in [0.2, 0.25) is 0 Å². The molecule has 13 nitrogen and oxygen atoms in total. The predicted octanol–water partition coefficient (Wildman–Crippen LogP) is 5.45. The molecule has 1 aliphatic rings. The van der Waals surface area contributed by atoms with Crippen LogP contribution in [0.15, 0.2) is 24.3 Å². The summed E-state index contributed by atoms with van der Waals surface area (Å²) in [6, 6.07) is 7.17. The Labute approximate surface area is 347 Å². The lowest BCUT2D eigenvalue weighted by molar-refractivity contribution is -0.138. The molecule has 1 aromatic carbocycles. The Hall–Kier alpha value is -3.26. The first kappa shape index (κ1) is 55.8. The van der Waals surface area contributed by atoms with Crippen LogP contribution in [-0.4, -0.2) is 142 Å². The van der Waals surface area contributed by atoms with Gasteiger partial charge in [0.2, 0.25) is 24.1 Å². The molecule has 2 rings (SSSR count). The van der Waals surface area contributed by atoms with Gasteiger partial charge in [0.05, 0.1) is 55.4 Å². The van der Waals surface area contributed by atoms with Gasteiger partial charge in [-0.05, 0) is 69.3 Å². The number of aliphatic hydroxyl groups excluding tert-OH is 1. The number of carbonyl (C=O) groups excluding carboxylic acids is 4. The largest absolute Gasteiger partial charge is 0.394 e. The highest BCUT2D eigenvalue weighted by Crippen LogP contribution is 2.25. The first-order valence-electron chi connectivity index (χ1n) is 21.2. The molecule has 0 radical (unpaired) electrons. The minimum atomic E-state index is -0.429. The summed E-state index contributed by atoms with van der Waals surface area (Å²) in [5.74, 6) is -0.309. The fraction of sp³-hybridized carbons (Fsp3) is 0.773. The molecule has 1 heterocycles. The SMILES string of the molecule is CC.CCC.CCC(C)C(C(CC)OC)N(C)C(=O)CNC(=O)C(C(C)C)N(C)C.CNc1ccc(CC(CO)NC(=O)C(C)C(OC)C2CCCN2C=O)cc1. The first-order valence-corrected chi connectivity index (χ1v) is 21.2. The van der Waals surface area contributed by atoms with E-state index in [4.69, 9.17) is 9.47 Å². The van der Waals surface area contributed by atoms with Crippen LogP contribution < -0.4 is 16.0 Å². The number of amides is 4. The Kier molecular flexibility index (Phi) is 31.1. The summed E-state index contributed by atoms with van der Waals surface area (Å²) in [4.78, 5) is 54.4. The summed E-state index contributed by atoms with van der Waals surface area (Å²) in [6.07, 6.45) is 5.79. The molecule has 4 N–H and O–H groups in total. The van der Waals surface area contributed by atoms with Gasteiger partial charge >= 0.3 is 0 Å². The molecule has 57 heavy (non-hydrogen) atoms. The number of likely N-dealkylation sites (tertiary alicyclic amines) is 1. The minimum absolute atomic E-state index is 0.000790. The molecule has 1 saturated heterocycles. The summed E-state index contributed by atoms with van der Waals surface area (Å²) in [5, 5.41) is 18.5. The molecule has 8 unspecified atom stereocenters. The van der Waals surface area contributed by atoms with Crippen molar-refractivity contribution in [3.63, 3.8) is 0 Å². The summed E-state index contributed by atoms with van der Waals surface area (Å²) < 4.78 is 11.2. The number of aliphatic hydroxyl groups is 1. The highest BCUT2D eigenvalue weighted by molar-refractivity contribution is 5.87. The number of hydrogen-bond donors (Lipinski definition) is 4. The Morgan fingerprint density at radius 1 is 0.947 bits per heavy atom. The topological polar surface area (TPSA) is 153 Å². The van der Waals surface area contributed by atoms with Crippen molar-refractivity contribution in [2.24, 2.45) is 17.8 Å². The van der Waals surface area contributed by atoms with Crippen molar-refractivity contribution in [3.05, 3.63) is 29.8 Å². The maximum atomic E-state index is 12.7. The fourth-order valence-electron chi connectivity index (χ4n) is 7.21. The number of carbonyl (C=O) groups is 4. The monoisotopic (exact) mass is 809 g/mol. The average Bonchev–Trinajstić information content (AvgIpc) is 3.68. The fourth-order valence-corrected chi connectivity index (χ4v) is 7.21. The average molecular weight is 809 g/mol. The summed E-state index contributed by atoms with van der Waals surface area (Å²) in [6.45, 7) is 20.9. The molecule has 0 bridgehead atoms. The Morgan fingerprint density at radius 3 is 1.95 bits per heavy atom. The summed E-state index contributed by atoms with van der Waals surface area (Å²) in [7, 11) is 10.7. The van der Waals surface area contributed by atoms with Gasteiger partial charge in [-0.1, -0.05) is 94.2 Å². The van der Waals surface area contributed by atoms with Crippen LogP contribution in [0.1, 0.15) is 107 Å². The van der Waals surface area contributed by atoms with E-state index in [2.05, 4.69) is 50.6 Å². The van der Waals surface area contributed by atoms with Gasteiger partial charge in [-0.2, -0.15) is 0 Å². The standard InChI is InChI=1S/C20H31N3O4.C19H39N3O3.C3H8.C2H6/c1-14(19(27-3)18-5-4-10-23(18)13-25)20(26)22-17(12-24)11-15-6-8-16(21-2)9-7-15;1-10-14(5)18(15(11-2)25-9)22(8)16(23)12-20-19(24)17(13(3)4)21(6)7;1-3-2;1-2/h6-9,13-14,17-19,21,24H,4-5,10-12H2,1-3H3,(H,22,26);13-15,17-18H,10-12H2,1-9H3,(H,20,24);3H2,1-2H3;1-2H3. The molecule has 1 aliphatic heterocycles. The zero-order valence-corrected chi connectivity index (χ0v) is 38.7. The van der Waals surface area contributed by atoms with Crippen molar-refractivity contribution in [3.8, 4) is 0 Å². The number of likely N-dealkylation sites (N-methyl/N-ethyl adjacent to an activating group) is 2. The minimum Gasteiger partial charge on any atom is -0.394 e. The van der Waals surface area contributed by atoms with E-state index in [0.29, 0.717) is 18.9 Å². The van der Waals surface area contributed by atoms with E-state index >= 15 is 0 Å². The highest BCUT2D eigenvalue weighted by Gasteiger charge is 2.38. The molecule has 0 aliphatic carbocycles. The molecule has 1 aromatic rings. The zero-order valence-electron chi connectivity index (χ0n) is 38.7. The lowest BCUT2D eigenvalue weighted by Crippen LogP contribution is -2.53. The number of nitrogens with one attached hydrogen (secondary N) is 3. The smallest absolute Gasteiger partial charge is 0.242 e. The number of methoxy groups -OCH3 is 2. The van der Waals surface area contributed by atoms with Crippen molar-refractivity contribution >= 4 is 29.8 Å². The highest BCUT2D eigenvalue weighted by atomic mass is 16.5. The van der Waals surface area contributed by atoms with Crippen LogP contribution in [-0.2, 0) is 35.1 Å². The van der Waals surface area contributed by atoms with E-state index < -0.39 is 5.92 Å².